The Morgan fingerprint density at radius 1 is 1.32 bits per heavy atom. The van der Waals surface area contributed by atoms with Crippen LogP contribution in [0.1, 0.15) is 18.9 Å². The summed E-state index contributed by atoms with van der Waals surface area (Å²) in [7, 11) is -0.126. The number of urea groups is 1. The third-order valence-corrected chi connectivity index (χ3v) is 7.14. The second kappa shape index (κ2) is 7.08. The lowest BCUT2D eigenvalue weighted by molar-refractivity contribution is -0.139. The van der Waals surface area contributed by atoms with Gasteiger partial charge in [-0.1, -0.05) is 12.1 Å². The highest BCUT2D eigenvalue weighted by atomic mass is 32.2. The third-order valence-electron chi connectivity index (χ3n) is 5.39. The molecule has 2 aliphatic heterocycles. The van der Waals surface area contributed by atoms with Gasteiger partial charge in [0.05, 0.1) is 18.6 Å². The van der Waals surface area contributed by atoms with E-state index in [-0.39, 0.29) is 11.5 Å². The van der Waals surface area contributed by atoms with Gasteiger partial charge in [0.25, 0.3) is 5.91 Å². The molecule has 0 bridgehead atoms. The molecular weight excluding hydrogens is 386 g/mol. The van der Waals surface area contributed by atoms with Gasteiger partial charge in [-0.25, -0.2) is 13.2 Å². The van der Waals surface area contributed by atoms with Crippen molar-refractivity contribution in [3.05, 3.63) is 29.8 Å². The van der Waals surface area contributed by atoms with E-state index in [2.05, 4.69) is 5.32 Å². The summed E-state index contributed by atoms with van der Waals surface area (Å²) in [5.74, 6) is -0.468. The first-order valence-electron chi connectivity index (χ1n) is 8.82. The Balaban J connectivity index is 1.73. The normalized spacial score (nSPS) is 26.2. The Hall–Kier alpha value is -2.62. The Bertz CT molecular complexity index is 914. The van der Waals surface area contributed by atoms with E-state index in [9.17, 15) is 22.8 Å². The third kappa shape index (κ3) is 3.56. The van der Waals surface area contributed by atoms with Crippen molar-refractivity contribution in [2.24, 2.45) is 0 Å². The van der Waals surface area contributed by atoms with Crippen LogP contribution >= 0.6 is 0 Å². The van der Waals surface area contributed by atoms with Crippen molar-refractivity contribution >= 4 is 27.7 Å². The van der Waals surface area contributed by atoms with Crippen LogP contribution in [0.25, 0.3) is 0 Å². The molecule has 0 saturated carbocycles. The molecule has 152 valence electrons. The van der Waals surface area contributed by atoms with Crippen molar-refractivity contribution in [2.75, 3.05) is 32.2 Å². The average molecular weight is 409 g/mol. The van der Waals surface area contributed by atoms with Crippen LogP contribution in [0.5, 0.6) is 5.75 Å². The second-order valence-corrected chi connectivity index (χ2v) is 9.47. The summed E-state index contributed by atoms with van der Waals surface area (Å²) in [6.07, 6.45) is 0.355. The molecule has 2 saturated heterocycles. The highest BCUT2D eigenvalue weighted by Crippen LogP contribution is 2.30. The fraction of sp³-hybridized carbons (Fsp3) is 0.500. The van der Waals surface area contributed by atoms with Crippen LogP contribution in [-0.4, -0.2) is 74.3 Å². The topological polar surface area (TPSA) is 113 Å². The molecule has 0 radical (unpaired) electrons. The Kier molecular flexibility index (Phi) is 5.09. The lowest BCUT2D eigenvalue weighted by Crippen LogP contribution is -2.46. The van der Waals surface area contributed by atoms with Crippen molar-refractivity contribution in [3.63, 3.8) is 0 Å². The first kappa shape index (κ1) is 20.1. The number of rotatable bonds is 5. The fourth-order valence-electron chi connectivity index (χ4n) is 3.49. The smallest absolute Gasteiger partial charge is 0.325 e. The van der Waals surface area contributed by atoms with Gasteiger partial charge in [0.1, 0.15) is 17.8 Å². The molecule has 2 atom stereocenters. The molecule has 2 aliphatic rings. The number of nitrogens with one attached hydrogen (secondary N) is 1. The molecule has 0 aromatic heterocycles. The number of hydrogen-bond donors (Lipinski definition) is 1. The minimum Gasteiger partial charge on any atom is -0.497 e. The van der Waals surface area contributed by atoms with Gasteiger partial charge in [0.2, 0.25) is 5.91 Å². The number of amides is 4. The highest BCUT2D eigenvalue weighted by Gasteiger charge is 2.50. The van der Waals surface area contributed by atoms with E-state index in [1.807, 2.05) is 0 Å². The van der Waals surface area contributed by atoms with Gasteiger partial charge in [-0.15, -0.1) is 0 Å². The molecule has 0 aliphatic carbocycles. The second-order valence-electron chi connectivity index (χ2n) is 7.24. The predicted molar refractivity (Wildman–Crippen MR) is 100 cm³/mol. The van der Waals surface area contributed by atoms with Crippen molar-refractivity contribution in [1.29, 1.82) is 0 Å². The number of likely N-dealkylation sites (N-methyl/N-ethyl adjacent to an activating group) is 1. The van der Waals surface area contributed by atoms with E-state index in [0.29, 0.717) is 17.7 Å². The molecule has 10 heteroatoms. The molecule has 2 fully saturated rings. The number of sulfone groups is 1. The minimum absolute atomic E-state index is 0.0357. The first-order valence-corrected chi connectivity index (χ1v) is 10.6. The minimum atomic E-state index is -3.15. The summed E-state index contributed by atoms with van der Waals surface area (Å²) >= 11 is 0. The summed E-state index contributed by atoms with van der Waals surface area (Å²) in [5, 5.41) is 2.64. The Labute approximate surface area is 163 Å². The number of benzene rings is 1. The van der Waals surface area contributed by atoms with Crippen molar-refractivity contribution in [1.82, 2.24) is 15.1 Å². The predicted octanol–water partition coefficient (Wildman–Crippen LogP) is 0.108. The summed E-state index contributed by atoms with van der Waals surface area (Å²) in [5.41, 5.74) is -0.726. The molecule has 1 aromatic rings. The van der Waals surface area contributed by atoms with E-state index in [4.69, 9.17) is 4.74 Å². The van der Waals surface area contributed by atoms with Crippen LogP contribution in [-0.2, 0) is 25.0 Å². The molecule has 0 unspecified atom stereocenters. The number of methoxy groups -OCH3 is 1. The number of ether oxygens (including phenoxy) is 1. The number of hydrogen-bond acceptors (Lipinski definition) is 6. The number of carbonyl (C=O) groups is 3. The summed E-state index contributed by atoms with van der Waals surface area (Å²) in [6.45, 7) is 1.14. The van der Waals surface area contributed by atoms with Gasteiger partial charge in [-0.05, 0) is 31.0 Å². The highest BCUT2D eigenvalue weighted by molar-refractivity contribution is 7.91. The average Bonchev–Trinajstić information content (AvgIpc) is 3.13. The SMILES string of the molecule is COc1ccc([C@@]2(C)NC(=O)N(CC(=O)N(C)[C@@H]3CCS(=O)(=O)C3)C2=O)cc1. The molecule has 1 N–H and O–H groups in total. The van der Waals surface area contributed by atoms with Crippen LogP contribution in [0.3, 0.4) is 0 Å². The molecule has 3 rings (SSSR count). The van der Waals surface area contributed by atoms with E-state index in [1.165, 1.54) is 19.1 Å². The zero-order chi connectivity index (χ0) is 20.7. The van der Waals surface area contributed by atoms with Gasteiger partial charge in [-0.2, -0.15) is 0 Å². The molecule has 9 nitrogen and oxygen atoms in total. The Morgan fingerprint density at radius 2 is 1.96 bits per heavy atom. The van der Waals surface area contributed by atoms with Gasteiger partial charge >= 0.3 is 6.03 Å². The standard InChI is InChI=1S/C18H23N3O6S/c1-18(12-4-6-14(27-3)7-5-12)16(23)21(17(24)19-18)10-15(22)20(2)13-8-9-28(25,26)11-13/h4-7,13H,8-11H2,1-3H3,(H,19,24)/t13-,18-/m1/s1. The summed E-state index contributed by atoms with van der Waals surface area (Å²) in [4.78, 5) is 40.0. The molecule has 2 heterocycles. The molecule has 28 heavy (non-hydrogen) atoms. The summed E-state index contributed by atoms with van der Waals surface area (Å²) in [6, 6.07) is 5.62. The number of carbonyl (C=O) groups excluding carboxylic acids is 3. The van der Waals surface area contributed by atoms with Gasteiger partial charge < -0.3 is 15.0 Å². The van der Waals surface area contributed by atoms with E-state index < -0.39 is 45.8 Å². The Morgan fingerprint density at radius 3 is 2.50 bits per heavy atom. The van der Waals surface area contributed by atoms with E-state index in [1.54, 1.807) is 31.2 Å². The van der Waals surface area contributed by atoms with Crippen LogP contribution in [0.2, 0.25) is 0 Å². The van der Waals surface area contributed by atoms with Crippen molar-refractivity contribution in [2.45, 2.75) is 24.9 Å². The van der Waals surface area contributed by atoms with Gasteiger partial charge in [0.15, 0.2) is 9.84 Å². The summed E-state index contributed by atoms with van der Waals surface area (Å²) < 4.78 is 28.4. The number of nitrogens with zero attached hydrogens (tertiary/aromatic N) is 2. The molecule has 0 spiro atoms. The first-order chi connectivity index (χ1) is 13.1. The maximum atomic E-state index is 12.9. The number of imide groups is 1. The monoisotopic (exact) mass is 409 g/mol. The molecule has 4 amide bonds. The molecule has 1 aromatic carbocycles. The van der Waals surface area contributed by atoms with Crippen LogP contribution in [0.15, 0.2) is 24.3 Å². The van der Waals surface area contributed by atoms with Gasteiger partial charge in [-0.3, -0.25) is 14.5 Å². The van der Waals surface area contributed by atoms with Crippen LogP contribution in [0, 0.1) is 0 Å². The quantitative estimate of drug-likeness (QED) is 0.691. The maximum Gasteiger partial charge on any atom is 0.325 e. The van der Waals surface area contributed by atoms with Crippen molar-refractivity contribution in [3.8, 4) is 5.75 Å². The zero-order valence-corrected chi connectivity index (χ0v) is 16.8. The van der Waals surface area contributed by atoms with E-state index in [0.717, 1.165) is 4.90 Å². The van der Waals surface area contributed by atoms with Gasteiger partial charge in [0, 0.05) is 13.1 Å². The lowest BCUT2D eigenvalue weighted by atomic mass is 9.92. The largest absolute Gasteiger partial charge is 0.497 e. The fourth-order valence-corrected chi connectivity index (χ4v) is 5.27. The zero-order valence-electron chi connectivity index (χ0n) is 16.0. The maximum absolute atomic E-state index is 12.9. The van der Waals surface area contributed by atoms with E-state index >= 15 is 0 Å². The van der Waals surface area contributed by atoms with Crippen LogP contribution < -0.4 is 10.1 Å². The molecular formula is C18H23N3O6S. The lowest BCUT2D eigenvalue weighted by Gasteiger charge is -2.26. The van der Waals surface area contributed by atoms with Crippen molar-refractivity contribution < 1.29 is 27.5 Å². The van der Waals surface area contributed by atoms with Crippen LogP contribution in [0.4, 0.5) is 4.79 Å².